The Balaban J connectivity index is 1.65. The van der Waals surface area contributed by atoms with Crippen LogP contribution < -0.4 is 15.1 Å². The van der Waals surface area contributed by atoms with Crippen LogP contribution in [-0.2, 0) is 22.3 Å². The first-order chi connectivity index (χ1) is 16.5. The molecule has 1 atom stereocenters. The number of alkyl halides is 3. The third kappa shape index (κ3) is 4.61. The lowest BCUT2D eigenvalue weighted by molar-refractivity contribution is -0.150. The average molecular weight is 511 g/mol. The van der Waals surface area contributed by atoms with Gasteiger partial charge in [0.05, 0.1) is 17.1 Å². The molecule has 2 saturated heterocycles. The average Bonchev–Trinajstić information content (AvgIpc) is 3.22. The van der Waals surface area contributed by atoms with Crippen molar-refractivity contribution in [3.8, 4) is 0 Å². The molecule has 9 nitrogen and oxygen atoms in total. The summed E-state index contributed by atoms with van der Waals surface area (Å²) < 4.78 is 39.7. The molecule has 0 spiro atoms. The van der Waals surface area contributed by atoms with Gasteiger partial charge in [-0.1, -0.05) is 23.7 Å². The molecular formula is C22H18ClF3N4O5. The van der Waals surface area contributed by atoms with Crippen molar-refractivity contribution < 1.29 is 37.5 Å². The van der Waals surface area contributed by atoms with E-state index in [1.807, 2.05) is 0 Å². The van der Waals surface area contributed by atoms with Crippen molar-refractivity contribution in [3.05, 3.63) is 58.6 Å². The van der Waals surface area contributed by atoms with Crippen LogP contribution in [0, 0.1) is 5.92 Å². The fourth-order valence-electron chi connectivity index (χ4n) is 3.93. The number of carbonyl (C=O) groups excluding carboxylic acids is 3. The number of amides is 5. The first kappa shape index (κ1) is 24.3. The van der Waals surface area contributed by atoms with E-state index in [4.69, 9.17) is 11.6 Å². The van der Waals surface area contributed by atoms with Gasteiger partial charge in [-0.05, 0) is 35.9 Å². The van der Waals surface area contributed by atoms with Gasteiger partial charge in [-0.2, -0.15) is 13.2 Å². The molecule has 35 heavy (non-hydrogen) atoms. The minimum Gasteiger partial charge on any atom is -0.481 e. The summed E-state index contributed by atoms with van der Waals surface area (Å²) in [5.41, 5.74) is -0.504. The number of hydrogen-bond acceptors (Lipinski definition) is 4. The van der Waals surface area contributed by atoms with Crippen LogP contribution in [0.15, 0.2) is 42.5 Å². The van der Waals surface area contributed by atoms with Crippen molar-refractivity contribution in [2.24, 2.45) is 5.92 Å². The second kappa shape index (κ2) is 9.10. The molecule has 4 rings (SSSR count). The molecule has 2 aromatic rings. The van der Waals surface area contributed by atoms with Crippen LogP contribution >= 0.6 is 11.6 Å². The van der Waals surface area contributed by atoms with Crippen LogP contribution in [0.25, 0.3) is 0 Å². The summed E-state index contributed by atoms with van der Waals surface area (Å²) in [7, 11) is 0. The molecule has 0 bridgehead atoms. The largest absolute Gasteiger partial charge is 0.481 e. The van der Waals surface area contributed by atoms with Gasteiger partial charge in [-0.3, -0.25) is 24.3 Å². The summed E-state index contributed by atoms with van der Waals surface area (Å²) >= 11 is 5.92. The maximum absolute atomic E-state index is 13.2. The number of aliphatic carboxylic acids is 1. The van der Waals surface area contributed by atoms with E-state index < -0.39 is 53.7 Å². The van der Waals surface area contributed by atoms with E-state index in [2.05, 4.69) is 5.32 Å². The van der Waals surface area contributed by atoms with Crippen LogP contribution in [0.4, 0.5) is 34.1 Å². The third-order valence-corrected chi connectivity index (χ3v) is 6.18. The summed E-state index contributed by atoms with van der Waals surface area (Å²) in [5.74, 6) is -4.18. The minimum absolute atomic E-state index is 0.162. The van der Waals surface area contributed by atoms with Crippen LogP contribution in [-0.4, -0.2) is 53.6 Å². The molecule has 184 valence electrons. The van der Waals surface area contributed by atoms with Gasteiger partial charge in [0.1, 0.15) is 0 Å². The predicted octanol–water partition coefficient (Wildman–Crippen LogP) is 3.56. The Morgan fingerprint density at radius 3 is 2.23 bits per heavy atom. The Hall–Kier alpha value is -3.80. The van der Waals surface area contributed by atoms with Gasteiger partial charge in [-0.15, -0.1) is 0 Å². The SMILES string of the molecule is O=C(O)C1CN(c2ccc(N3CCNC3=O)cc2)C(=O)N(Cc2cccc(C(F)(F)F)c2Cl)C1=O. The number of halogens is 4. The van der Waals surface area contributed by atoms with E-state index in [1.54, 1.807) is 12.1 Å². The van der Waals surface area contributed by atoms with E-state index in [-0.39, 0.29) is 17.3 Å². The molecule has 0 aliphatic carbocycles. The molecule has 2 heterocycles. The smallest absolute Gasteiger partial charge is 0.417 e. The topological polar surface area (TPSA) is 110 Å². The van der Waals surface area contributed by atoms with Gasteiger partial charge in [0, 0.05) is 31.0 Å². The maximum atomic E-state index is 13.2. The molecule has 2 aromatic carbocycles. The first-order valence-electron chi connectivity index (χ1n) is 10.3. The Morgan fingerprint density at radius 1 is 1.06 bits per heavy atom. The fraction of sp³-hybridized carbons (Fsp3) is 0.273. The first-order valence-corrected chi connectivity index (χ1v) is 10.7. The van der Waals surface area contributed by atoms with Gasteiger partial charge >= 0.3 is 24.2 Å². The number of rotatable bonds is 5. The number of carbonyl (C=O) groups is 4. The van der Waals surface area contributed by atoms with Gasteiger partial charge in [-0.25, -0.2) is 9.59 Å². The third-order valence-electron chi connectivity index (χ3n) is 5.73. The number of hydrogen-bond donors (Lipinski definition) is 2. The maximum Gasteiger partial charge on any atom is 0.417 e. The molecule has 2 aliphatic rings. The molecule has 2 N–H and O–H groups in total. The number of benzene rings is 2. The minimum atomic E-state index is -4.76. The van der Waals surface area contributed by atoms with Crippen molar-refractivity contribution in [1.29, 1.82) is 0 Å². The fourth-order valence-corrected chi connectivity index (χ4v) is 4.23. The standard InChI is InChI=1S/C22H18ClF3N4O5/c23-17-12(2-1-3-16(17)22(24,25)26)10-30-18(31)15(19(32)33)11-29(21(30)35)14-6-4-13(5-7-14)28-9-8-27-20(28)34/h1-7,15H,8-11H2,(H,27,34)(H,32,33). The molecule has 2 aliphatic heterocycles. The highest BCUT2D eigenvalue weighted by molar-refractivity contribution is 6.32. The van der Waals surface area contributed by atoms with Crippen LogP contribution in [0.3, 0.4) is 0 Å². The lowest BCUT2D eigenvalue weighted by Gasteiger charge is -2.37. The second-order valence-electron chi connectivity index (χ2n) is 7.88. The van der Waals surface area contributed by atoms with E-state index in [1.165, 1.54) is 23.1 Å². The molecule has 13 heteroatoms. The molecule has 1 unspecified atom stereocenters. The Labute approximate surface area is 201 Å². The monoisotopic (exact) mass is 510 g/mol. The van der Waals surface area contributed by atoms with Gasteiger partial charge < -0.3 is 10.4 Å². The number of anilines is 2. The van der Waals surface area contributed by atoms with E-state index >= 15 is 0 Å². The van der Waals surface area contributed by atoms with Crippen molar-refractivity contribution in [2.45, 2.75) is 12.7 Å². The quantitative estimate of drug-likeness (QED) is 0.598. The zero-order valence-corrected chi connectivity index (χ0v) is 18.6. The number of nitrogens with zero attached hydrogens (tertiary/aromatic N) is 3. The van der Waals surface area contributed by atoms with Crippen LogP contribution in [0.2, 0.25) is 5.02 Å². The molecule has 0 saturated carbocycles. The normalized spacial score (nSPS) is 18.8. The van der Waals surface area contributed by atoms with Crippen molar-refractivity contribution in [2.75, 3.05) is 29.4 Å². The predicted molar refractivity (Wildman–Crippen MR) is 118 cm³/mol. The van der Waals surface area contributed by atoms with Crippen molar-refractivity contribution in [3.63, 3.8) is 0 Å². The number of imide groups is 1. The Kier molecular flexibility index (Phi) is 6.32. The number of nitrogens with one attached hydrogen (secondary N) is 1. The number of carboxylic acids is 1. The summed E-state index contributed by atoms with van der Waals surface area (Å²) in [6, 6.07) is 7.99. The Morgan fingerprint density at radius 2 is 1.69 bits per heavy atom. The van der Waals surface area contributed by atoms with E-state index in [0.717, 1.165) is 17.0 Å². The molecule has 5 amide bonds. The molecular weight excluding hydrogens is 493 g/mol. The summed E-state index contributed by atoms with van der Waals surface area (Å²) in [6.45, 7) is -0.196. The highest BCUT2D eigenvalue weighted by Gasteiger charge is 2.44. The lowest BCUT2D eigenvalue weighted by atomic mass is 10.0. The van der Waals surface area contributed by atoms with Crippen LogP contribution in [0.5, 0.6) is 0 Å². The van der Waals surface area contributed by atoms with E-state index in [0.29, 0.717) is 23.7 Å². The van der Waals surface area contributed by atoms with Gasteiger partial charge in [0.25, 0.3) is 0 Å². The number of urea groups is 2. The van der Waals surface area contributed by atoms with Crippen LogP contribution in [0.1, 0.15) is 11.1 Å². The Bertz CT molecular complexity index is 1200. The highest BCUT2D eigenvalue weighted by atomic mass is 35.5. The number of carboxylic acid groups (broad SMARTS) is 1. The summed E-state index contributed by atoms with van der Waals surface area (Å²) in [4.78, 5) is 52.7. The molecule has 0 radical (unpaired) electrons. The molecule has 2 fully saturated rings. The molecule has 0 aromatic heterocycles. The zero-order chi connectivity index (χ0) is 25.5. The summed E-state index contributed by atoms with van der Waals surface area (Å²) in [5, 5.41) is 11.5. The van der Waals surface area contributed by atoms with Gasteiger partial charge in [0.2, 0.25) is 5.91 Å². The zero-order valence-electron chi connectivity index (χ0n) is 17.9. The van der Waals surface area contributed by atoms with Crippen molar-refractivity contribution >= 4 is 46.9 Å². The second-order valence-corrected chi connectivity index (χ2v) is 8.26. The lowest BCUT2D eigenvalue weighted by Crippen LogP contribution is -2.58. The van der Waals surface area contributed by atoms with Crippen molar-refractivity contribution in [1.82, 2.24) is 10.2 Å². The van der Waals surface area contributed by atoms with E-state index in [9.17, 15) is 37.5 Å². The summed E-state index contributed by atoms with van der Waals surface area (Å²) in [6.07, 6.45) is -4.76. The highest BCUT2D eigenvalue weighted by Crippen LogP contribution is 2.37. The van der Waals surface area contributed by atoms with Gasteiger partial charge in [0.15, 0.2) is 5.92 Å².